The number of halogens is 1. The van der Waals surface area contributed by atoms with Crippen molar-refractivity contribution in [3.8, 4) is 5.75 Å². The summed E-state index contributed by atoms with van der Waals surface area (Å²) in [7, 11) is -3.04. The standard InChI is InChI=1S/C23H33BrN2O4S/c1-16(14-17-2-5-22(27)21(24)15-17)23(28)25-10-6-18(7-11-25)19-8-12-26(13-9-19)31(29,30)20-3-4-20/h2,5,15-16,18-20,27H,3-4,6-14H2,1H3/t16-/m1/s1. The Balaban J connectivity index is 1.24. The van der Waals surface area contributed by atoms with Gasteiger partial charge < -0.3 is 10.0 Å². The fourth-order valence-electron chi connectivity index (χ4n) is 5.20. The molecule has 6 nitrogen and oxygen atoms in total. The van der Waals surface area contributed by atoms with Crippen molar-refractivity contribution in [2.45, 2.75) is 57.1 Å². The van der Waals surface area contributed by atoms with Crippen LogP contribution in [-0.4, -0.2) is 60.1 Å². The predicted molar refractivity (Wildman–Crippen MR) is 124 cm³/mol. The number of amides is 1. The number of carbonyl (C=O) groups is 1. The summed E-state index contributed by atoms with van der Waals surface area (Å²) in [5.74, 6) is 1.49. The summed E-state index contributed by atoms with van der Waals surface area (Å²) in [5.41, 5.74) is 1.04. The number of phenols is 1. The minimum atomic E-state index is -3.04. The molecule has 0 bridgehead atoms. The fourth-order valence-corrected chi connectivity index (χ4v) is 7.50. The summed E-state index contributed by atoms with van der Waals surface area (Å²) in [6, 6.07) is 5.40. The molecule has 1 N–H and O–H groups in total. The third-order valence-corrected chi connectivity index (χ3v) is 10.3. The van der Waals surface area contributed by atoms with E-state index in [-0.39, 0.29) is 22.8 Å². The lowest BCUT2D eigenvalue weighted by molar-refractivity contribution is -0.136. The zero-order valence-electron chi connectivity index (χ0n) is 18.2. The Kier molecular flexibility index (Phi) is 6.99. The first-order chi connectivity index (χ1) is 14.8. The minimum absolute atomic E-state index is 0.0936. The van der Waals surface area contributed by atoms with E-state index in [0.717, 1.165) is 57.2 Å². The Morgan fingerprint density at radius 3 is 2.19 bits per heavy atom. The van der Waals surface area contributed by atoms with E-state index in [2.05, 4.69) is 15.9 Å². The number of sulfonamides is 1. The topological polar surface area (TPSA) is 77.9 Å². The monoisotopic (exact) mass is 512 g/mol. The number of nitrogens with zero attached hydrogens (tertiary/aromatic N) is 2. The second-order valence-electron chi connectivity index (χ2n) is 9.53. The van der Waals surface area contributed by atoms with E-state index in [4.69, 9.17) is 0 Å². The van der Waals surface area contributed by atoms with Crippen LogP contribution in [-0.2, 0) is 21.2 Å². The average Bonchev–Trinajstić information content (AvgIpc) is 3.62. The molecule has 1 aromatic carbocycles. The van der Waals surface area contributed by atoms with Crippen LogP contribution in [0.1, 0.15) is 51.0 Å². The molecule has 31 heavy (non-hydrogen) atoms. The molecule has 4 rings (SSSR count). The number of carbonyl (C=O) groups excluding carboxylic acids is 1. The molecule has 0 unspecified atom stereocenters. The minimum Gasteiger partial charge on any atom is -0.507 e. The Bertz CT molecular complexity index is 902. The fraction of sp³-hybridized carbons (Fsp3) is 0.696. The number of hydrogen-bond acceptors (Lipinski definition) is 4. The van der Waals surface area contributed by atoms with Crippen LogP contribution in [0.3, 0.4) is 0 Å². The smallest absolute Gasteiger partial charge is 0.225 e. The lowest BCUT2D eigenvalue weighted by Crippen LogP contribution is -2.45. The Morgan fingerprint density at radius 1 is 1.06 bits per heavy atom. The Labute approximate surface area is 194 Å². The molecule has 2 heterocycles. The SMILES string of the molecule is C[C@H](Cc1ccc(O)c(Br)c1)C(=O)N1CCC(C2CCN(S(=O)(=O)C3CC3)CC2)CC1. The van der Waals surface area contributed by atoms with E-state index >= 15 is 0 Å². The van der Waals surface area contributed by atoms with Crippen molar-refractivity contribution in [1.82, 2.24) is 9.21 Å². The van der Waals surface area contributed by atoms with Gasteiger partial charge >= 0.3 is 0 Å². The maximum Gasteiger partial charge on any atom is 0.225 e. The van der Waals surface area contributed by atoms with Crippen molar-refractivity contribution in [1.29, 1.82) is 0 Å². The van der Waals surface area contributed by atoms with E-state index in [1.807, 2.05) is 24.0 Å². The maximum absolute atomic E-state index is 13.0. The van der Waals surface area contributed by atoms with Crippen molar-refractivity contribution in [3.63, 3.8) is 0 Å². The predicted octanol–water partition coefficient (Wildman–Crippen LogP) is 3.78. The molecule has 2 aliphatic heterocycles. The summed E-state index contributed by atoms with van der Waals surface area (Å²) in [6.45, 7) is 4.91. The third kappa shape index (κ3) is 5.28. The summed E-state index contributed by atoms with van der Waals surface area (Å²) in [5, 5.41) is 9.54. The quantitative estimate of drug-likeness (QED) is 0.628. The summed E-state index contributed by atoms with van der Waals surface area (Å²) in [4.78, 5) is 15.0. The van der Waals surface area contributed by atoms with Crippen LogP contribution in [0, 0.1) is 17.8 Å². The van der Waals surface area contributed by atoms with Gasteiger partial charge in [0.05, 0.1) is 9.72 Å². The van der Waals surface area contributed by atoms with Crippen molar-refractivity contribution in [2.24, 2.45) is 17.8 Å². The number of hydrogen-bond donors (Lipinski definition) is 1. The summed E-state index contributed by atoms with van der Waals surface area (Å²) in [6.07, 6.45) is 6.26. The van der Waals surface area contributed by atoms with Crippen molar-refractivity contribution >= 4 is 31.9 Å². The molecule has 8 heteroatoms. The molecule has 1 amide bonds. The number of benzene rings is 1. The number of piperidine rings is 2. The Morgan fingerprint density at radius 2 is 1.65 bits per heavy atom. The van der Waals surface area contributed by atoms with E-state index in [0.29, 0.717) is 35.8 Å². The molecule has 0 aromatic heterocycles. The zero-order valence-corrected chi connectivity index (χ0v) is 20.6. The highest BCUT2D eigenvalue weighted by Crippen LogP contribution is 2.37. The molecule has 1 aromatic rings. The molecule has 1 saturated carbocycles. The molecule has 1 atom stereocenters. The molecule has 1 aliphatic carbocycles. The van der Waals surface area contributed by atoms with Crippen LogP contribution in [0.4, 0.5) is 0 Å². The van der Waals surface area contributed by atoms with Gasteiger partial charge in [0, 0.05) is 32.1 Å². The average molecular weight is 513 g/mol. The van der Waals surface area contributed by atoms with Gasteiger partial charge in [-0.05, 0) is 90.4 Å². The highest BCUT2D eigenvalue weighted by Gasteiger charge is 2.42. The van der Waals surface area contributed by atoms with Gasteiger partial charge in [-0.15, -0.1) is 0 Å². The van der Waals surface area contributed by atoms with Crippen molar-refractivity contribution in [2.75, 3.05) is 26.2 Å². The van der Waals surface area contributed by atoms with E-state index in [1.54, 1.807) is 10.4 Å². The molecule has 0 spiro atoms. The molecule has 2 saturated heterocycles. The first-order valence-electron chi connectivity index (χ1n) is 11.5. The number of aromatic hydroxyl groups is 1. The van der Waals surface area contributed by atoms with Crippen LogP contribution in [0.25, 0.3) is 0 Å². The van der Waals surface area contributed by atoms with Crippen LogP contribution in [0.15, 0.2) is 22.7 Å². The maximum atomic E-state index is 13.0. The van der Waals surface area contributed by atoms with Gasteiger partial charge in [0.15, 0.2) is 0 Å². The third-order valence-electron chi connectivity index (χ3n) is 7.30. The number of phenolic OH excluding ortho intramolecular Hbond substituents is 1. The van der Waals surface area contributed by atoms with E-state index in [9.17, 15) is 18.3 Å². The molecule has 0 radical (unpaired) electrons. The van der Waals surface area contributed by atoms with Crippen LogP contribution < -0.4 is 0 Å². The molecule has 3 aliphatic rings. The molecular weight excluding hydrogens is 480 g/mol. The number of rotatable bonds is 6. The van der Waals surface area contributed by atoms with Crippen LogP contribution >= 0.6 is 15.9 Å². The summed E-state index contributed by atoms with van der Waals surface area (Å²) >= 11 is 3.34. The highest BCUT2D eigenvalue weighted by atomic mass is 79.9. The van der Waals surface area contributed by atoms with E-state index in [1.165, 1.54) is 0 Å². The zero-order chi connectivity index (χ0) is 22.2. The molecular formula is C23H33BrN2O4S. The van der Waals surface area contributed by atoms with Crippen LogP contribution in [0.5, 0.6) is 5.75 Å². The second kappa shape index (κ2) is 9.40. The van der Waals surface area contributed by atoms with Gasteiger partial charge in [0.25, 0.3) is 0 Å². The lowest BCUT2D eigenvalue weighted by Gasteiger charge is -2.40. The Hall–Kier alpha value is -1.12. The van der Waals surface area contributed by atoms with Gasteiger partial charge in [0.2, 0.25) is 15.9 Å². The van der Waals surface area contributed by atoms with Gasteiger partial charge in [-0.1, -0.05) is 13.0 Å². The largest absolute Gasteiger partial charge is 0.507 e. The number of likely N-dealkylation sites (tertiary alicyclic amines) is 1. The van der Waals surface area contributed by atoms with Gasteiger partial charge in [-0.25, -0.2) is 12.7 Å². The molecule has 3 fully saturated rings. The van der Waals surface area contributed by atoms with Gasteiger partial charge in [-0.3, -0.25) is 4.79 Å². The highest BCUT2D eigenvalue weighted by molar-refractivity contribution is 9.10. The second-order valence-corrected chi connectivity index (χ2v) is 12.6. The van der Waals surface area contributed by atoms with E-state index < -0.39 is 10.0 Å². The van der Waals surface area contributed by atoms with Crippen molar-refractivity contribution < 1.29 is 18.3 Å². The molecule has 172 valence electrons. The van der Waals surface area contributed by atoms with Gasteiger partial charge in [0.1, 0.15) is 5.75 Å². The summed E-state index contributed by atoms with van der Waals surface area (Å²) < 4.78 is 27.3. The van der Waals surface area contributed by atoms with Gasteiger partial charge in [-0.2, -0.15) is 0 Å². The first kappa shape index (κ1) is 23.1. The van der Waals surface area contributed by atoms with Crippen LogP contribution in [0.2, 0.25) is 0 Å². The normalized spacial score (nSPS) is 23.1. The lowest BCUT2D eigenvalue weighted by atomic mass is 9.79. The van der Waals surface area contributed by atoms with Crippen molar-refractivity contribution in [3.05, 3.63) is 28.2 Å². The first-order valence-corrected chi connectivity index (χ1v) is 13.8.